The second-order valence-electron chi connectivity index (χ2n) is 4.85. The normalized spacial score (nSPS) is 10.0. The number of aromatic nitrogens is 2. The number of hydrogen-bond donors (Lipinski definition) is 1. The first kappa shape index (κ1) is 15.5. The maximum absolute atomic E-state index is 12.2. The Morgan fingerprint density at radius 2 is 1.58 bits per heavy atom. The summed E-state index contributed by atoms with van der Waals surface area (Å²) in [5.74, 6) is 1.09. The summed E-state index contributed by atoms with van der Waals surface area (Å²) in [6.07, 6.45) is 2.99. The van der Waals surface area contributed by atoms with Crippen LogP contribution in [0.5, 0.6) is 17.5 Å². The molecule has 0 radical (unpaired) electrons. The largest absolute Gasteiger partial charge is 0.497 e. The molecule has 0 aliphatic rings. The third-order valence-corrected chi connectivity index (χ3v) is 3.19. The Hall–Kier alpha value is -3.41. The lowest BCUT2D eigenvalue weighted by atomic mass is 10.2. The summed E-state index contributed by atoms with van der Waals surface area (Å²) in [7, 11) is 1.57. The summed E-state index contributed by atoms with van der Waals surface area (Å²) in [6.45, 7) is 0. The predicted molar refractivity (Wildman–Crippen MR) is 89.5 cm³/mol. The lowest BCUT2D eigenvalue weighted by Crippen LogP contribution is -2.12. The molecule has 0 aliphatic heterocycles. The van der Waals surface area contributed by atoms with E-state index in [1.807, 2.05) is 30.3 Å². The van der Waals surface area contributed by atoms with E-state index in [-0.39, 0.29) is 11.9 Å². The van der Waals surface area contributed by atoms with Gasteiger partial charge in [-0.25, -0.2) is 9.97 Å². The van der Waals surface area contributed by atoms with E-state index in [9.17, 15) is 4.79 Å². The van der Waals surface area contributed by atoms with Gasteiger partial charge in [0.2, 0.25) is 0 Å². The molecule has 3 aromatic rings. The molecule has 0 unspecified atom stereocenters. The highest BCUT2D eigenvalue weighted by Crippen LogP contribution is 2.18. The van der Waals surface area contributed by atoms with Crippen molar-refractivity contribution in [3.63, 3.8) is 0 Å². The molecule has 3 rings (SSSR count). The zero-order valence-electron chi connectivity index (χ0n) is 13.0. The number of hydrogen-bond acceptors (Lipinski definition) is 5. The van der Waals surface area contributed by atoms with Crippen molar-refractivity contribution in [1.82, 2.24) is 9.97 Å². The van der Waals surface area contributed by atoms with Gasteiger partial charge in [0.25, 0.3) is 5.91 Å². The van der Waals surface area contributed by atoms with Gasteiger partial charge in [0.1, 0.15) is 11.5 Å². The molecule has 1 N–H and O–H groups in total. The molecule has 0 spiro atoms. The Morgan fingerprint density at radius 1 is 0.917 bits per heavy atom. The van der Waals surface area contributed by atoms with Crippen LogP contribution in [0.3, 0.4) is 0 Å². The minimum absolute atomic E-state index is 0.212. The van der Waals surface area contributed by atoms with Gasteiger partial charge in [0.05, 0.1) is 25.2 Å². The first-order chi connectivity index (χ1) is 11.7. The number of anilines is 1. The first-order valence-electron chi connectivity index (χ1n) is 7.25. The minimum atomic E-state index is -0.252. The van der Waals surface area contributed by atoms with Crippen LogP contribution in [0.25, 0.3) is 0 Å². The Kier molecular flexibility index (Phi) is 4.67. The summed E-state index contributed by atoms with van der Waals surface area (Å²) in [5.41, 5.74) is 0.997. The predicted octanol–water partition coefficient (Wildman–Crippen LogP) is 3.53. The summed E-state index contributed by atoms with van der Waals surface area (Å²) in [4.78, 5) is 20.3. The fourth-order valence-electron chi connectivity index (χ4n) is 1.97. The van der Waals surface area contributed by atoms with Gasteiger partial charge in [0.15, 0.2) is 0 Å². The molecule has 0 saturated carbocycles. The van der Waals surface area contributed by atoms with Crippen LogP contribution in [-0.4, -0.2) is 23.0 Å². The summed E-state index contributed by atoms with van der Waals surface area (Å²) in [5, 5.41) is 2.73. The molecular formula is C18H15N3O3. The van der Waals surface area contributed by atoms with Crippen LogP contribution in [0.4, 0.5) is 5.69 Å². The van der Waals surface area contributed by atoms with Crippen LogP contribution in [0.15, 0.2) is 67.0 Å². The second-order valence-corrected chi connectivity index (χ2v) is 4.85. The molecule has 6 nitrogen and oxygen atoms in total. The van der Waals surface area contributed by atoms with Gasteiger partial charge >= 0.3 is 6.01 Å². The Balaban J connectivity index is 1.64. The average Bonchev–Trinajstić information content (AvgIpc) is 2.64. The lowest BCUT2D eigenvalue weighted by molar-refractivity contribution is 0.102. The molecule has 24 heavy (non-hydrogen) atoms. The Morgan fingerprint density at radius 3 is 2.21 bits per heavy atom. The van der Waals surface area contributed by atoms with Crippen LogP contribution >= 0.6 is 0 Å². The van der Waals surface area contributed by atoms with Crippen molar-refractivity contribution in [2.75, 3.05) is 12.4 Å². The monoisotopic (exact) mass is 321 g/mol. The highest BCUT2D eigenvalue weighted by molar-refractivity contribution is 6.04. The minimum Gasteiger partial charge on any atom is -0.497 e. The smallest absolute Gasteiger partial charge is 0.322 e. The van der Waals surface area contributed by atoms with E-state index in [4.69, 9.17) is 9.47 Å². The maximum Gasteiger partial charge on any atom is 0.322 e. The molecule has 0 aliphatic carbocycles. The fraction of sp³-hybridized carbons (Fsp3) is 0.0556. The van der Waals surface area contributed by atoms with E-state index in [0.717, 1.165) is 0 Å². The molecule has 0 bridgehead atoms. The fourth-order valence-corrected chi connectivity index (χ4v) is 1.97. The summed E-state index contributed by atoms with van der Waals surface area (Å²) < 4.78 is 10.6. The van der Waals surface area contributed by atoms with E-state index < -0.39 is 0 Å². The molecular weight excluding hydrogens is 306 g/mol. The maximum atomic E-state index is 12.2. The summed E-state index contributed by atoms with van der Waals surface area (Å²) >= 11 is 0. The third kappa shape index (κ3) is 3.86. The second kappa shape index (κ2) is 7.23. The first-order valence-corrected chi connectivity index (χ1v) is 7.25. The van der Waals surface area contributed by atoms with Crippen molar-refractivity contribution in [3.8, 4) is 17.5 Å². The lowest BCUT2D eigenvalue weighted by Gasteiger charge is -2.07. The molecule has 120 valence electrons. The Labute approximate surface area is 139 Å². The van der Waals surface area contributed by atoms with Crippen molar-refractivity contribution in [3.05, 3.63) is 72.6 Å². The van der Waals surface area contributed by atoms with E-state index in [0.29, 0.717) is 22.7 Å². The van der Waals surface area contributed by atoms with Gasteiger partial charge in [-0.15, -0.1) is 0 Å². The number of rotatable bonds is 5. The van der Waals surface area contributed by atoms with Crippen LogP contribution in [0, 0.1) is 0 Å². The third-order valence-electron chi connectivity index (χ3n) is 3.19. The highest BCUT2D eigenvalue weighted by Gasteiger charge is 2.07. The molecule has 1 aromatic heterocycles. The van der Waals surface area contributed by atoms with Crippen LogP contribution in [0.1, 0.15) is 10.4 Å². The van der Waals surface area contributed by atoms with E-state index in [1.165, 1.54) is 12.4 Å². The zero-order chi connectivity index (χ0) is 16.8. The van der Waals surface area contributed by atoms with Crippen LogP contribution in [-0.2, 0) is 0 Å². The number of carbonyl (C=O) groups excluding carboxylic acids is 1. The van der Waals surface area contributed by atoms with Crippen LogP contribution < -0.4 is 14.8 Å². The average molecular weight is 321 g/mol. The summed E-state index contributed by atoms with van der Waals surface area (Å²) in [6, 6.07) is 16.3. The van der Waals surface area contributed by atoms with Crippen molar-refractivity contribution >= 4 is 11.6 Å². The number of amides is 1. The van der Waals surface area contributed by atoms with Gasteiger partial charge in [-0.1, -0.05) is 18.2 Å². The van der Waals surface area contributed by atoms with Gasteiger partial charge < -0.3 is 14.8 Å². The Bertz CT molecular complexity index is 803. The SMILES string of the molecule is COc1ccc(C(=O)Nc2cnc(Oc3ccccc3)nc2)cc1. The van der Waals surface area contributed by atoms with Crippen molar-refractivity contribution < 1.29 is 14.3 Å². The van der Waals surface area contributed by atoms with Crippen molar-refractivity contribution in [2.45, 2.75) is 0 Å². The number of nitrogens with one attached hydrogen (secondary N) is 1. The van der Waals surface area contributed by atoms with Crippen LogP contribution in [0.2, 0.25) is 0 Å². The highest BCUT2D eigenvalue weighted by atomic mass is 16.5. The van der Waals surface area contributed by atoms with E-state index in [2.05, 4.69) is 15.3 Å². The quantitative estimate of drug-likeness (QED) is 0.778. The molecule has 1 heterocycles. The molecule has 0 saturated heterocycles. The molecule has 0 fully saturated rings. The standard InChI is InChI=1S/C18H15N3O3/c1-23-15-9-7-13(8-10-15)17(22)21-14-11-19-18(20-12-14)24-16-5-3-2-4-6-16/h2-12H,1H3,(H,21,22). The number of ether oxygens (including phenoxy) is 2. The number of nitrogens with zero attached hydrogens (tertiary/aromatic N) is 2. The van der Waals surface area contributed by atoms with E-state index >= 15 is 0 Å². The van der Waals surface area contributed by atoms with Gasteiger partial charge in [-0.2, -0.15) is 0 Å². The molecule has 2 aromatic carbocycles. The molecule has 0 atom stereocenters. The zero-order valence-corrected chi connectivity index (χ0v) is 13.0. The van der Waals surface area contributed by atoms with E-state index in [1.54, 1.807) is 31.4 Å². The van der Waals surface area contributed by atoms with Crippen molar-refractivity contribution in [1.29, 1.82) is 0 Å². The number of benzene rings is 2. The topological polar surface area (TPSA) is 73.3 Å². The number of methoxy groups -OCH3 is 1. The van der Waals surface area contributed by atoms with Gasteiger partial charge in [-0.05, 0) is 36.4 Å². The molecule has 1 amide bonds. The van der Waals surface area contributed by atoms with Gasteiger partial charge in [-0.3, -0.25) is 4.79 Å². The molecule has 6 heteroatoms. The van der Waals surface area contributed by atoms with Crippen molar-refractivity contribution in [2.24, 2.45) is 0 Å². The number of para-hydroxylation sites is 1. The van der Waals surface area contributed by atoms with Gasteiger partial charge in [0, 0.05) is 5.56 Å². The number of carbonyl (C=O) groups is 1.